The number of nitrogens with zero attached hydrogens (tertiary/aromatic N) is 1. The second kappa shape index (κ2) is 6.97. The van der Waals surface area contributed by atoms with Gasteiger partial charge in [-0.15, -0.1) is 0 Å². The molecule has 1 heterocycles. The SMILES string of the molecule is CC[C@H](O)CN1CCC[C@@H](NC(=O)C(C)C)C1. The van der Waals surface area contributed by atoms with E-state index in [1.54, 1.807) is 0 Å². The van der Waals surface area contributed by atoms with Gasteiger partial charge in [-0.1, -0.05) is 20.8 Å². The fourth-order valence-electron chi connectivity index (χ4n) is 2.13. The minimum atomic E-state index is -0.241. The molecule has 100 valence electrons. The summed E-state index contributed by atoms with van der Waals surface area (Å²) in [6, 6.07) is 0.253. The molecule has 17 heavy (non-hydrogen) atoms. The largest absolute Gasteiger partial charge is 0.392 e. The lowest BCUT2D eigenvalue weighted by molar-refractivity contribution is -0.125. The Morgan fingerprint density at radius 3 is 2.82 bits per heavy atom. The van der Waals surface area contributed by atoms with Gasteiger partial charge < -0.3 is 10.4 Å². The summed E-state index contributed by atoms with van der Waals surface area (Å²) in [5, 5.41) is 12.7. The molecule has 2 N–H and O–H groups in total. The summed E-state index contributed by atoms with van der Waals surface area (Å²) in [6.07, 6.45) is 2.70. The molecule has 1 fully saturated rings. The van der Waals surface area contributed by atoms with Gasteiger partial charge in [0.2, 0.25) is 5.91 Å². The van der Waals surface area contributed by atoms with Gasteiger partial charge in [0.1, 0.15) is 0 Å². The molecule has 0 aliphatic carbocycles. The van der Waals surface area contributed by atoms with Gasteiger partial charge in [0.15, 0.2) is 0 Å². The van der Waals surface area contributed by atoms with Gasteiger partial charge in [-0.3, -0.25) is 9.69 Å². The Balaban J connectivity index is 2.36. The van der Waals surface area contributed by atoms with Crippen LogP contribution in [-0.2, 0) is 4.79 Å². The molecule has 4 heteroatoms. The number of rotatable bonds is 5. The summed E-state index contributed by atoms with van der Waals surface area (Å²) in [5.41, 5.74) is 0. The molecule has 1 saturated heterocycles. The molecule has 1 rings (SSSR count). The number of carbonyl (C=O) groups is 1. The second-order valence-corrected chi connectivity index (χ2v) is 5.32. The van der Waals surface area contributed by atoms with E-state index in [4.69, 9.17) is 0 Å². The zero-order valence-electron chi connectivity index (χ0n) is 11.3. The topological polar surface area (TPSA) is 52.6 Å². The van der Waals surface area contributed by atoms with Crippen LogP contribution in [0.1, 0.15) is 40.0 Å². The van der Waals surface area contributed by atoms with E-state index in [0.717, 1.165) is 38.9 Å². The highest BCUT2D eigenvalue weighted by atomic mass is 16.3. The predicted octanol–water partition coefficient (Wildman–Crippen LogP) is 0.994. The van der Waals surface area contributed by atoms with Gasteiger partial charge >= 0.3 is 0 Å². The molecule has 0 radical (unpaired) electrons. The summed E-state index contributed by atoms with van der Waals surface area (Å²) in [7, 11) is 0. The standard InChI is InChI=1S/C13H26N2O2/c1-4-12(16)9-15-7-5-6-11(8-15)14-13(17)10(2)3/h10-12,16H,4-9H2,1-3H3,(H,14,17)/t11-,12+/m1/s1. The summed E-state index contributed by atoms with van der Waals surface area (Å²) in [4.78, 5) is 13.9. The fraction of sp³-hybridized carbons (Fsp3) is 0.923. The Morgan fingerprint density at radius 2 is 2.24 bits per heavy atom. The van der Waals surface area contributed by atoms with Crippen LogP contribution in [0.3, 0.4) is 0 Å². The highest BCUT2D eigenvalue weighted by Gasteiger charge is 2.23. The number of hydrogen-bond acceptors (Lipinski definition) is 3. The Bertz CT molecular complexity index is 244. The van der Waals surface area contributed by atoms with Gasteiger partial charge in [0.05, 0.1) is 6.10 Å². The summed E-state index contributed by atoms with van der Waals surface area (Å²) in [6.45, 7) is 8.45. The van der Waals surface area contributed by atoms with E-state index >= 15 is 0 Å². The zero-order chi connectivity index (χ0) is 12.8. The zero-order valence-corrected chi connectivity index (χ0v) is 11.3. The van der Waals surface area contributed by atoms with Crippen LogP contribution in [0.15, 0.2) is 0 Å². The molecule has 1 aliphatic rings. The molecule has 0 aromatic heterocycles. The number of β-amino-alcohol motifs (C(OH)–C–C–N with tert-alkyl or cyclic N) is 1. The van der Waals surface area contributed by atoms with Crippen molar-refractivity contribution >= 4 is 5.91 Å². The van der Waals surface area contributed by atoms with Crippen molar-refractivity contribution in [1.29, 1.82) is 0 Å². The van der Waals surface area contributed by atoms with E-state index in [2.05, 4.69) is 10.2 Å². The molecule has 2 atom stereocenters. The molecular weight excluding hydrogens is 216 g/mol. The van der Waals surface area contributed by atoms with Gasteiger partial charge in [0.25, 0.3) is 0 Å². The number of nitrogens with one attached hydrogen (secondary N) is 1. The Morgan fingerprint density at radius 1 is 1.53 bits per heavy atom. The maximum absolute atomic E-state index is 11.6. The van der Waals surface area contributed by atoms with Crippen LogP contribution in [-0.4, -0.2) is 47.7 Å². The number of piperidine rings is 1. The maximum atomic E-state index is 11.6. The highest BCUT2D eigenvalue weighted by Crippen LogP contribution is 2.11. The minimum absolute atomic E-state index is 0.0478. The van der Waals surface area contributed by atoms with Crippen LogP contribution in [0.4, 0.5) is 0 Å². The molecule has 0 aromatic carbocycles. The predicted molar refractivity (Wildman–Crippen MR) is 68.7 cm³/mol. The van der Waals surface area contributed by atoms with Gasteiger partial charge in [-0.2, -0.15) is 0 Å². The quantitative estimate of drug-likeness (QED) is 0.756. The summed E-state index contributed by atoms with van der Waals surface area (Å²) in [5.74, 6) is 0.180. The lowest BCUT2D eigenvalue weighted by Gasteiger charge is -2.34. The van der Waals surface area contributed by atoms with Gasteiger partial charge in [-0.25, -0.2) is 0 Å². The second-order valence-electron chi connectivity index (χ2n) is 5.32. The van der Waals surface area contributed by atoms with Crippen LogP contribution >= 0.6 is 0 Å². The van der Waals surface area contributed by atoms with E-state index in [9.17, 15) is 9.90 Å². The van der Waals surface area contributed by atoms with E-state index in [0.29, 0.717) is 0 Å². The van der Waals surface area contributed by atoms with Crippen molar-refractivity contribution in [2.75, 3.05) is 19.6 Å². The number of hydrogen-bond donors (Lipinski definition) is 2. The first-order valence-electron chi connectivity index (χ1n) is 6.73. The lowest BCUT2D eigenvalue weighted by Crippen LogP contribution is -2.50. The molecule has 0 aromatic rings. The molecule has 0 spiro atoms. The van der Waals surface area contributed by atoms with Crippen molar-refractivity contribution in [3.63, 3.8) is 0 Å². The van der Waals surface area contributed by atoms with Gasteiger partial charge in [0, 0.05) is 25.0 Å². The number of aliphatic hydroxyl groups is 1. The van der Waals surface area contributed by atoms with Crippen LogP contribution in [0, 0.1) is 5.92 Å². The molecule has 0 unspecified atom stereocenters. The third kappa shape index (κ3) is 5.04. The smallest absolute Gasteiger partial charge is 0.222 e. The molecule has 1 amide bonds. The molecule has 4 nitrogen and oxygen atoms in total. The van der Waals surface area contributed by atoms with E-state index in [1.165, 1.54) is 0 Å². The number of likely N-dealkylation sites (tertiary alicyclic amines) is 1. The van der Waals surface area contributed by atoms with E-state index < -0.39 is 0 Å². The van der Waals surface area contributed by atoms with Crippen LogP contribution < -0.4 is 5.32 Å². The Hall–Kier alpha value is -0.610. The van der Waals surface area contributed by atoms with Crippen LogP contribution in [0.5, 0.6) is 0 Å². The van der Waals surface area contributed by atoms with E-state index in [-0.39, 0.29) is 24.0 Å². The number of carbonyl (C=O) groups excluding carboxylic acids is 1. The van der Waals surface area contributed by atoms with Crippen molar-refractivity contribution in [2.24, 2.45) is 5.92 Å². The van der Waals surface area contributed by atoms with Crippen LogP contribution in [0.25, 0.3) is 0 Å². The first kappa shape index (κ1) is 14.5. The van der Waals surface area contributed by atoms with Crippen molar-refractivity contribution < 1.29 is 9.90 Å². The third-order valence-electron chi connectivity index (χ3n) is 3.32. The normalized spacial score (nSPS) is 23.7. The number of aliphatic hydroxyl groups excluding tert-OH is 1. The third-order valence-corrected chi connectivity index (χ3v) is 3.32. The van der Waals surface area contributed by atoms with Crippen LogP contribution in [0.2, 0.25) is 0 Å². The average Bonchev–Trinajstić information content (AvgIpc) is 2.29. The Kier molecular flexibility index (Phi) is 5.92. The highest BCUT2D eigenvalue weighted by molar-refractivity contribution is 5.78. The number of amides is 1. The van der Waals surface area contributed by atoms with Crippen molar-refractivity contribution in [1.82, 2.24) is 10.2 Å². The monoisotopic (exact) mass is 242 g/mol. The summed E-state index contributed by atoms with van der Waals surface area (Å²) < 4.78 is 0. The van der Waals surface area contributed by atoms with E-state index in [1.807, 2.05) is 20.8 Å². The fourth-order valence-corrected chi connectivity index (χ4v) is 2.13. The average molecular weight is 242 g/mol. The molecular formula is C13H26N2O2. The maximum Gasteiger partial charge on any atom is 0.222 e. The lowest BCUT2D eigenvalue weighted by atomic mass is 10.0. The Labute approximate surface area is 104 Å². The molecule has 0 saturated carbocycles. The van der Waals surface area contributed by atoms with Crippen molar-refractivity contribution in [2.45, 2.75) is 52.2 Å². The van der Waals surface area contributed by atoms with Crippen molar-refractivity contribution in [3.8, 4) is 0 Å². The first-order chi connectivity index (χ1) is 8.02. The first-order valence-corrected chi connectivity index (χ1v) is 6.73. The molecule has 1 aliphatic heterocycles. The minimum Gasteiger partial charge on any atom is -0.392 e. The summed E-state index contributed by atoms with van der Waals surface area (Å²) >= 11 is 0. The van der Waals surface area contributed by atoms with Crippen molar-refractivity contribution in [3.05, 3.63) is 0 Å². The molecule has 0 bridgehead atoms. The van der Waals surface area contributed by atoms with Gasteiger partial charge in [-0.05, 0) is 25.8 Å².